The van der Waals surface area contributed by atoms with Crippen LogP contribution in [0.1, 0.15) is 55.8 Å². The molecule has 6 heteroatoms. The van der Waals surface area contributed by atoms with Gasteiger partial charge in [-0.3, -0.25) is 9.37 Å². The summed E-state index contributed by atoms with van der Waals surface area (Å²) in [6, 6.07) is 6.20. The number of alkyl halides is 1. The van der Waals surface area contributed by atoms with E-state index in [1.807, 2.05) is 6.07 Å². The summed E-state index contributed by atoms with van der Waals surface area (Å²) in [4.78, 5) is 15.6. The highest BCUT2D eigenvalue weighted by atomic mass is 19.1. The first-order valence-electron chi connectivity index (χ1n) is 9.31. The smallest absolute Gasteiger partial charge is 0.164 e. The molecule has 0 saturated carbocycles. The number of phenolic OH excluding ortho intramolecular Hbond substituents is 1. The lowest BCUT2D eigenvalue weighted by Gasteiger charge is -2.42. The molecule has 0 bridgehead atoms. The lowest BCUT2D eigenvalue weighted by atomic mass is 9.62. The Morgan fingerprint density at radius 1 is 1.37 bits per heavy atom. The molecule has 2 unspecified atom stereocenters. The Morgan fingerprint density at radius 3 is 2.78 bits per heavy atom. The highest BCUT2D eigenvalue weighted by Gasteiger charge is 2.40. The van der Waals surface area contributed by atoms with Gasteiger partial charge < -0.3 is 5.11 Å². The highest BCUT2D eigenvalue weighted by molar-refractivity contribution is 5.70. The second kappa shape index (κ2) is 7.71. The number of aromatic nitrogens is 1. The molecule has 0 aliphatic heterocycles. The van der Waals surface area contributed by atoms with Crippen LogP contribution in [0.4, 0.5) is 8.78 Å². The zero-order chi connectivity index (χ0) is 19.6. The molecule has 0 spiro atoms. The predicted octanol–water partition coefficient (Wildman–Crippen LogP) is 5.42. The highest BCUT2D eigenvalue weighted by Crippen LogP contribution is 2.48. The van der Waals surface area contributed by atoms with Gasteiger partial charge in [-0.05, 0) is 66.5 Å². The van der Waals surface area contributed by atoms with Crippen LogP contribution in [0.2, 0.25) is 0 Å². The molecule has 3 rings (SSSR count). The Kier molecular flexibility index (Phi) is 5.53. The van der Waals surface area contributed by atoms with E-state index in [9.17, 15) is 18.8 Å². The number of benzene rings is 1. The fourth-order valence-corrected chi connectivity index (χ4v) is 3.86. The van der Waals surface area contributed by atoms with Crippen LogP contribution in [0, 0.1) is 10.7 Å². The van der Waals surface area contributed by atoms with Gasteiger partial charge in [0, 0.05) is 17.2 Å². The summed E-state index contributed by atoms with van der Waals surface area (Å²) >= 11 is 0. The van der Waals surface area contributed by atoms with Gasteiger partial charge >= 0.3 is 0 Å². The molecular formula is C21H24F2N2O2. The number of nitrogens with zero attached hydrogens (tertiary/aromatic N) is 2. The van der Waals surface area contributed by atoms with Crippen molar-refractivity contribution in [3.05, 3.63) is 51.8 Å². The van der Waals surface area contributed by atoms with Crippen molar-refractivity contribution in [3.8, 4) is 17.0 Å². The lowest BCUT2D eigenvalue weighted by molar-refractivity contribution is 0.391. The van der Waals surface area contributed by atoms with Crippen LogP contribution in [0.3, 0.4) is 0 Å². The maximum Gasteiger partial charge on any atom is 0.164 e. The summed E-state index contributed by atoms with van der Waals surface area (Å²) in [6.45, 7) is 3.90. The van der Waals surface area contributed by atoms with E-state index in [-0.39, 0.29) is 17.9 Å². The van der Waals surface area contributed by atoms with Crippen molar-refractivity contribution in [3.63, 3.8) is 0 Å². The molecule has 4 nitrogen and oxygen atoms in total. The van der Waals surface area contributed by atoms with E-state index < -0.39 is 18.2 Å². The van der Waals surface area contributed by atoms with Crippen molar-refractivity contribution in [2.75, 3.05) is 13.2 Å². The molecule has 1 aromatic heterocycles. The monoisotopic (exact) mass is 374 g/mol. The Balaban J connectivity index is 2.12. The predicted molar refractivity (Wildman–Crippen MR) is 101 cm³/mol. The number of halogens is 2. The van der Waals surface area contributed by atoms with E-state index in [1.165, 1.54) is 12.1 Å². The number of hydrogen-bond donors (Lipinski definition) is 1. The standard InChI is InChI=1S/C21H24F2N2O2/c1-3-21(2)11-15-16(21)10-18(14(12-24-27)5-4-8-22)25-20(15)13-6-7-17(23)19(26)9-13/h6-7,9-10,14,26H,3-5,8,11-12H2,1-2H3. The van der Waals surface area contributed by atoms with Crippen molar-refractivity contribution < 1.29 is 13.9 Å². The summed E-state index contributed by atoms with van der Waals surface area (Å²) < 4.78 is 26.2. The van der Waals surface area contributed by atoms with Gasteiger partial charge in [0.25, 0.3) is 0 Å². The Morgan fingerprint density at radius 2 is 2.15 bits per heavy atom. The van der Waals surface area contributed by atoms with Crippen molar-refractivity contribution in [1.82, 2.24) is 4.98 Å². The quantitative estimate of drug-likeness (QED) is 0.628. The minimum atomic E-state index is -0.682. The number of phenols is 1. The third kappa shape index (κ3) is 3.57. The molecule has 2 atom stereocenters. The van der Waals surface area contributed by atoms with E-state index in [0.717, 1.165) is 24.0 Å². The van der Waals surface area contributed by atoms with Gasteiger partial charge in [-0.2, -0.15) is 4.91 Å². The number of hydrogen-bond acceptors (Lipinski definition) is 4. The molecular weight excluding hydrogens is 350 g/mol. The van der Waals surface area contributed by atoms with Crippen LogP contribution in [-0.2, 0) is 11.8 Å². The van der Waals surface area contributed by atoms with E-state index in [1.54, 1.807) is 6.07 Å². The third-order valence-electron chi connectivity index (χ3n) is 5.76. The molecule has 1 heterocycles. The molecule has 0 amide bonds. The van der Waals surface area contributed by atoms with Crippen LogP contribution >= 0.6 is 0 Å². The number of aromatic hydroxyl groups is 1. The van der Waals surface area contributed by atoms with Crippen molar-refractivity contribution in [2.45, 2.75) is 50.9 Å². The van der Waals surface area contributed by atoms with Crippen LogP contribution < -0.4 is 0 Å². The van der Waals surface area contributed by atoms with Crippen molar-refractivity contribution in [1.29, 1.82) is 0 Å². The molecule has 1 N–H and O–H groups in total. The third-order valence-corrected chi connectivity index (χ3v) is 5.76. The van der Waals surface area contributed by atoms with E-state index >= 15 is 0 Å². The van der Waals surface area contributed by atoms with Crippen molar-refractivity contribution in [2.24, 2.45) is 5.18 Å². The number of rotatable bonds is 8. The van der Waals surface area contributed by atoms with E-state index in [4.69, 9.17) is 4.98 Å². The molecule has 0 radical (unpaired) electrons. The average molecular weight is 374 g/mol. The summed E-state index contributed by atoms with van der Waals surface area (Å²) in [7, 11) is 0. The average Bonchev–Trinajstić information content (AvgIpc) is 2.66. The van der Waals surface area contributed by atoms with Gasteiger partial charge in [0.2, 0.25) is 0 Å². The van der Waals surface area contributed by atoms with Crippen LogP contribution in [0.25, 0.3) is 11.3 Å². The Labute approximate surface area is 157 Å². The van der Waals surface area contributed by atoms with Gasteiger partial charge in [0.05, 0.1) is 18.9 Å². The van der Waals surface area contributed by atoms with Gasteiger partial charge in [-0.15, -0.1) is 0 Å². The number of pyridine rings is 1. The van der Waals surface area contributed by atoms with E-state index in [2.05, 4.69) is 19.0 Å². The van der Waals surface area contributed by atoms with Crippen LogP contribution in [-0.4, -0.2) is 23.3 Å². The first kappa shape index (κ1) is 19.4. The maximum atomic E-state index is 13.5. The molecule has 0 fully saturated rings. The molecule has 1 aliphatic rings. The van der Waals surface area contributed by atoms with Gasteiger partial charge in [0.15, 0.2) is 11.6 Å². The van der Waals surface area contributed by atoms with Gasteiger partial charge in [-0.25, -0.2) is 4.39 Å². The summed E-state index contributed by atoms with van der Waals surface area (Å²) in [5, 5.41) is 12.8. The number of nitroso groups, excluding NO2 is 1. The second-order valence-corrected chi connectivity index (χ2v) is 7.52. The largest absolute Gasteiger partial charge is 0.505 e. The maximum absolute atomic E-state index is 13.5. The molecule has 27 heavy (non-hydrogen) atoms. The van der Waals surface area contributed by atoms with Crippen molar-refractivity contribution >= 4 is 0 Å². The fourth-order valence-electron chi connectivity index (χ4n) is 3.86. The summed E-state index contributed by atoms with van der Waals surface area (Å²) in [5.41, 5.74) is 4.29. The molecule has 1 aromatic carbocycles. The minimum absolute atomic E-state index is 0.0170. The Hall–Kier alpha value is -2.37. The zero-order valence-corrected chi connectivity index (χ0v) is 15.6. The van der Waals surface area contributed by atoms with Crippen LogP contribution in [0.15, 0.2) is 29.4 Å². The first-order chi connectivity index (χ1) is 12.9. The van der Waals surface area contributed by atoms with Crippen LogP contribution in [0.5, 0.6) is 5.75 Å². The number of fused-ring (bicyclic) bond motifs is 1. The normalized spacial score (nSPS) is 19.3. The SMILES string of the molecule is CCC1(C)Cc2c1cc(C(CCCF)CN=O)nc2-c1ccc(F)c(O)c1. The van der Waals surface area contributed by atoms with E-state index in [0.29, 0.717) is 29.8 Å². The molecule has 144 valence electrons. The van der Waals surface area contributed by atoms with Gasteiger partial charge in [-0.1, -0.05) is 19.0 Å². The molecule has 0 saturated heterocycles. The molecule has 2 aromatic rings. The fraction of sp³-hybridized carbons (Fsp3) is 0.476. The van der Waals surface area contributed by atoms with Gasteiger partial charge in [0.1, 0.15) is 0 Å². The first-order valence-corrected chi connectivity index (χ1v) is 9.31. The minimum Gasteiger partial charge on any atom is -0.505 e. The summed E-state index contributed by atoms with van der Waals surface area (Å²) in [6.07, 6.45) is 2.64. The molecule has 1 aliphatic carbocycles. The lowest BCUT2D eigenvalue weighted by Crippen LogP contribution is -2.36. The Bertz CT molecular complexity index is 856. The second-order valence-electron chi connectivity index (χ2n) is 7.52. The zero-order valence-electron chi connectivity index (χ0n) is 15.6. The topological polar surface area (TPSA) is 62.5 Å². The summed E-state index contributed by atoms with van der Waals surface area (Å²) in [5.74, 6) is -1.36.